The Hall–Kier alpha value is -3.48. The van der Waals surface area contributed by atoms with Gasteiger partial charge in [0.1, 0.15) is 0 Å². The monoisotopic (exact) mass is 586 g/mol. The Bertz CT molecular complexity index is 1330. The first kappa shape index (κ1) is 34.0. The standard InChI is InChI=1S/C37H50N2O4/c1-7-23-38(36(2,3)4)34(42)32-19-13-11-17-29(32)21-22-31(41)26-30-18-12-14-20-33(30)35(43)39(24-25-40)37(5,6)27-28-15-9-8-10-16-28/h8-20,31,40-41H,7,21-27H2,1-6H3. The average molecular weight is 587 g/mol. The van der Waals surface area contributed by atoms with Crippen LogP contribution in [0.1, 0.15) is 91.8 Å². The van der Waals surface area contributed by atoms with E-state index in [0.29, 0.717) is 43.4 Å². The van der Waals surface area contributed by atoms with Crippen molar-refractivity contribution in [3.63, 3.8) is 0 Å². The maximum atomic E-state index is 14.0. The second-order valence-electron chi connectivity index (χ2n) is 13.0. The molecule has 0 radical (unpaired) electrons. The zero-order valence-electron chi connectivity index (χ0n) is 26.8. The zero-order valence-corrected chi connectivity index (χ0v) is 26.8. The first-order valence-electron chi connectivity index (χ1n) is 15.5. The quantitative estimate of drug-likeness (QED) is 0.231. The summed E-state index contributed by atoms with van der Waals surface area (Å²) in [7, 11) is 0. The molecule has 0 heterocycles. The number of aliphatic hydroxyl groups excluding tert-OH is 2. The molecule has 0 spiro atoms. The lowest BCUT2D eigenvalue weighted by Crippen LogP contribution is -2.50. The number of carbonyl (C=O) groups is 2. The summed E-state index contributed by atoms with van der Waals surface area (Å²) >= 11 is 0. The molecule has 232 valence electrons. The Balaban J connectivity index is 1.77. The van der Waals surface area contributed by atoms with Crippen LogP contribution in [-0.2, 0) is 19.3 Å². The Kier molecular flexibility index (Phi) is 12.1. The fourth-order valence-corrected chi connectivity index (χ4v) is 5.76. The second kappa shape index (κ2) is 15.3. The van der Waals surface area contributed by atoms with Crippen LogP contribution in [0, 0.1) is 0 Å². The second-order valence-corrected chi connectivity index (χ2v) is 13.0. The number of hydrogen-bond donors (Lipinski definition) is 2. The van der Waals surface area contributed by atoms with Gasteiger partial charge in [0.2, 0.25) is 0 Å². The van der Waals surface area contributed by atoms with Crippen molar-refractivity contribution in [3.8, 4) is 0 Å². The molecule has 0 aromatic heterocycles. The molecular formula is C37H50N2O4. The minimum absolute atomic E-state index is 0.0116. The summed E-state index contributed by atoms with van der Waals surface area (Å²) in [6.45, 7) is 13.0. The van der Waals surface area contributed by atoms with Gasteiger partial charge in [-0.15, -0.1) is 0 Å². The molecule has 0 bridgehead atoms. The van der Waals surface area contributed by atoms with Gasteiger partial charge < -0.3 is 20.0 Å². The first-order chi connectivity index (χ1) is 20.4. The molecular weight excluding hydrogens is 536 g/mol. The molecule has 43 heavy (non-hydrogen) atoms. The van der Waals surface area contributed by atoms with Gasteiger partial charge in [-0.25, -0.2) is 0 Å². The number of hydrogen-bond acceptors (Lipinski definition) is 4. The van der Waals surface area contributed by atoms with E-state index < -0.39 is 11.6 Å². The Labute approximate surface area is 258 Å². The van der Waals surface area contributed by atoms with Gasteiger partial charge in [0.15, 0.2) is 0 Å². The van der Waals surface area contributed by atoms with Crippen LogP contribution < -0.4 is 0 Å². The van der Waals surface area contributed by atoms with Crippen molar-refractivity contribution in [1.29, 1.82) is 0 Å². The third-order valence-corrected chi connectivity index (χ3v) is 7.98. The molecule has 0 saturated carbocycles. The van der Waals surface area contributed by atoms with Crippen molar-refractivity contribution in [2.45, 2.75) is 90.8 Å². The van der Waals surface area contributed by atoms with Crippen molar-refractivity contribution in [2.24, 2.45) is 0 Å². The Morgan fingerprint density at radius 3 is 1.86 bits per heavy atom. The molecule has 0 aliphatic carbocycles. The van der Waals surface area contributed by atoms with E-state index in [2.05, 4.69) is 27.7 Å². The van der Waals surface area contributed by atoms with Gasteiger partial charge in [-0.05, 0) is 95.5 Å². The lowest BCUT2D eigenvalue weighted by Gasteiger charge is -2.39. The zero-order chi connectivity index (χ0) is 31.6. The van der Waals surface area contributed by atoms with Crippen LogP contribution in [0.4, 0.5) is 0 Å². The molecule has 0 aliphatic rings. The molecule has 2 N–H and O–H groups in total. The number of β-amino-alcohol motifs (C(OH)–C–C–N with tert-alkyl or cyclic N) is 1. The molecule has 0 fully saturated rings. The predicted octanol–water partition coefficient (Wildman–Crippen LogP) is 6.33. The van der Waals surface area contributed by atoms with E-state index in [9.17, 15) is 19.8 Å². The topological polar surface area (TPSA) is 81.1 Å². The molecule has 6 heteroatoms. The fourth-order valence-electron chi connectivity index (χ4n) is 5.76. The highest BCUT2D eigenvalue weighted by Crippen LogP contribution is 2.26. The van der Waals surface area contributed by atoms with Crippen molar-refractivity contribution in [3.05, 3.63) is 107 Å². The molecule has 3 aromatic rings. The van der Waals surface area contributed by atoms with Crippen LogP contribution in [0.5, 0.6) is 0 Å². The number of aliphatic hydroxyl groups is 2. The van der Waals surface area contributed by atoms with Crippen LogP contribution >= 0.6 is 0 Å². The summed E-state index contributed by atoms with van der Waals surface area (Å²) in [6.07, 6.45) is 2.14. The van der Waals surface area contributed by atoms with Crippen molar-refractivity contribution in [2.75, 3.05) is 19.7 Å². The minimum Gasteiger partial charge on any atom is -0.395 e. The van der Waals surface area contributed by atoms with Crippen molar-refractivity contribution in [1.82, 2.24) is 9.80 Å². The predicted molar refractivity (Wildman–Crippen MR) is 174 cm³/mol. The highest BCUT2D eigenvalue weighted by atomic mass is 16.3. The number of benzene rings is 3. The summed E-state index contributed by atoms with van der Waals surface area (Å²) in [4.78, 5) is 31.2. The smallest absolute Gasteiger partial charge is 0.254 e. The first-order valence-corrected chi connectivity index (χ1v) is 15.5. The van der Waals surface area contributed by atoms with Crippen molar-refractivity contribution >= 4 is 11.8 Å². The van der Waals surface area contributed by atoms with Crippen LogP contribution in [0.3, 0.4) is 0 Å². The number of amides is 2. The van der Waals surface area contributed by atoms with Gasteiger partial charge in [0.25, 0.3) is 11.8 Å². The van der Waals surface area contributed by atoms with Gasteiger partial charge >= 0.3 is 0 Å². The molecule has 2 amide bonds. The lowest BCUT2D eigenvalue weighted by atomic mass is 9.90. The van der Waals surface area contributed by atoms with Crippen LogP contribution in [0.25, 0.3) is 0 Å². The van der Waals surface area contributed by atoms with E-state index in [1.165, 1.54) is 0 Å². The van der Waals surface area contributed by atoms with E-state index in [-0.39, 0.29) is 30.5 Å². The van der Waals surface area contributed by atoms with Gasteiger partial charge in [-0.3, -0.25) is 9.59 Å². The molecule has 3 aromatic carbocycles. The van der Waals surface area contributed by atoms with E-state index >= 15 is 0 Å². The van der Waals surface area contributed by atoms with Gasteiger partial charge in [-0.1, -0.05) is 73.7 Å². The van der Waals surface area contributed by atoms with E-state index in [4.69, 9.17) is 0 Å². The SMILES string of the molecule is CCCN(C(=O)c1ccccc1CCC(O)Cc1ccccc1C(=O)N(CCO)C(C)(C)Cc1ccccc1)C(C)(C)C. The van der Waals surface area contributed by atoms with Gasteiger partial charge in [0, 0.05) is 35.3 Å². The number of aryl methyl sites for hydroxylation is 1. The molecule has 0 aliphatic heterocycles. The van der Waals surface area contributed by atoms with E-state index in [1.807, 2.05) is 91.5 Å². The summed E-state index contributed by atoms with van der Waals surface area (Å²) in [6, 6.07) is 25.1. The summed E-state index contributed by atoms with van der Waals surface area (Å²) in [5, 5.41) is 21.0. The number of nitrogens with zero attached hydrogens (tertiary/aromatic N) is 2. The fraction of sp³-hybridized carbons (Fsp3) is 0.459. The highest BCUT2D eigenvalue weighted by Gasteiger charge is 2.33. The maximum Gasteiger partial charge on any atom is 0.254 e. The number of rotatable bonds is 14. The normalized spacial score (nSPS) is 12.6. The summed E-state index contributed by atoms with van der Waals surface area (Å²) in [5.41, 5.74) is 3.17. The molecule has 0 saturated heterocycles. The average Bonchev–Trinajstić information content (AvgIpc) is 2.97. The summed E-state index contributed by atoms with van der Waals surface area (Å²) in [5.74, 6) is -0.149. The Morgan fingerprint density at radius 1 is 0.744 bits per heavy atom. The number of carbonyl (C=O) groups excluding carboxylic acids is 2. The van der Waals surface area contributed by atoms with Crippen LogP contribution in [0.15, 0.2) is 78.9 Å². The lowest BCUT2D eigenvalue weighted by molar-refractivity contribution is 0.0486. The van der Waals surface area contributed by atoms with Crippen LogP contribution in [0.2, 0.25) is 0 Å². The minimum atomic E-state index is -0.699. The summed E-state index contributed by atoms with van der Waals surface area (Å²) < 4.78 is 0. The van der Waals surface area contributed by atoms with Gasteiger partial charge in [0.05, 0.1) is 12.7 Å². The third-order valence-electron chi connectivity index (χ3n) is 7.98. The van der Waals surface area contributed by atoms with Crippen LogP contribution in [-0.4, -0.2) is 68.7 Å². The maximum absolute atomic E-state index is 14.0. The largest absolute Gasteiger partial charge is 0.395 e. The van der Waals surface area contributed by atoms with Crippen molar-refractivity contribution < 1.29 is 19.8 Å². The molecule has 3 rings (SSSR count). The Morgan fingerprint density at radius 2 is 1.28 bits per heavy atom. The van der Waals surface area contributed by atoms with E-state index in [1.54, 1.807) is 11.0 Å². The molecule has 1 unspecified atom stereocenters. The highest BCUT2D eigenvalue weighted by molar-refractivity contribution is 5.97. The third kappa shape index (κ3) is 9.25. The van der Waals surface area contributed by atoms with E-state index in [0.717, 1.165) is 23.1 Å². The molecule has 6 nitrogen and oxygen atoms in total. The molecule has 1 atom stereocenters. The van der Waals surface area contributed by atoms with Gasteiger partial charge in [-0.2, -0.15) is 0 Å².